The van der Waals surface area contributed by atoms with Crippen molar-refractivity contribution in [1.82, 2.24) is 9.55 Å². The molecule has 0 bridgehead atoms. The fourth-order valence-corrected chi connectivity index (χ4v) is 2.49. The van der Waals surface area contributed by atoms with Gasteiger partial charge in [0.15, 0.2) is 0 Å². The Hall–Kier alpha value is -2.43. The summed E-state index contributed by atoms with van der Waals surface area (Å²) in [7, 11) is 1.63. The molecule has 0 fully saturated rings. The Labute approximate surface area is 117 Å². The highest BCUT2D eigenvalue weighted by molar-refractivity contribution is 5.84. The maximum absolute atomic E-state index is 6.08. The van der Waals surface area contributed by atoms with Crippen molar-refractivity contribution in [3.05, 3.63) is 41.9 Å². The number of nitrogen functional groups attached to an aromatic ring is 1. The molecule has 2 heterocycles. The maximum Gasteiger partial charge on any atom is 0.202 e. The van der Waals surface area contributed by atoms with Crippen molar-refractivity contribution in [3.8, 4) is 5.75 Å². The molecule has 104 valence electrons. The van der Waals surface area contributed by atoms with Gasteiger partial charge >= 0.3 is 0 Å². The molecule has 1 aromatic carbocycles. The van der Waals surface area contributed by atoms with E-state index in [1.807, 2.05) is 48.7 Å². The fraction of sp³-hybridized carbons (Fsp3) is 0.267. The number of aryl methyl sites for hydroxylation is 1. The maximum atomic E-state index is 6.08. The number of ether oxygens (including phenoxy) is 1. The molecule has 0 spiro atoms. The van der Waals surface area contributed by atoms with E-state index in [9.17, 15) is 0 Å². The number of hydrogen-bond acceptors (Lipinski definition) is 4. The zero-order chi connectivity index (χ0) is 14.3. The average Bonchev–Trinajstić information content (AvgIpc) is 3.00. The number of hydrogen-bond donors (Lipinski definition) is 1. The van der Waals surface area contributed by atoms with Crippen LogP contribution in [0.25, 0.3) is 11.0 Å². The van der Waals surface area contributed by atoms with Gasteiger partial charge in [-0.25, -0.2) is 4.98 Å². The van der Waals surface area contributed by atoms with Crippen LogP contribution in [0.5, 0.6) is 5.75 Å². The first-order valence-electron chi connectivity index (χ1n) is 6.48. The molecule has 0 aliphatic carbocycles. The SMILES string of the molecule is COc1cccc2c1nc(N)n2C(C)c1ccc(C)o1. The lowest BCUT2D eigenvalue weighted by atomic mass is 10.2. The Bertz CT molecular complexity index is 758. The second-order valence-corrected chi connectivity index (χ2v) is 4.79. The van der Waals surface area contributed by atoms with E-state index in [-0.39, 0.29) is 6.04 Å². The predicted molar refractivity (Wildman–Crippen MR) is 78.0 cm³/mol. The van der Waals surface area contributed by atoms with Gasteiger partial charge in [-0.2, -0.15) is 0 Å². The van der Waals surface area contributed by atoms with Gasteiger partial charge in [0.05, 0.1) is 18.7 Å². The van der Waals surface area contributed by atoms with E-state index in [2.05, 4.69) is 4.98 Å². The number of aromatic nitrogens is 2. The highest BCUT2D eigenvalue weighted by atomic mass is 16.5. The van der Waals surface area contributed by atoms with E-state index in [1.54, 1.807) is 7.11 Å². The van der Waals surface area contributed by atoms with Crippen LogP contribution in [-0.2, 0) is 0 Å². The van der Waals surface area contributed by atoms with Crippen molar-refractivity contribution in [2.24, 2.45) is 0 Å². The van der Waals surface area contributed by atoms with Crippen LogP contribution in [0.2, 0.25) is 0 Å². The summed E-state index contributed by atoms with van der Waals surface area (Å²) in [4.78, 5) is 4.41. The molecule has 0 amide bonds. The first-order chi connectivity index (χ1) is 9.61. The molecule has 0 saturated heterocycles. The second kappa shape index (κ2) is 4.59. The van der Waals surface area contributed by atoms with Crippen molar-refractivity contribution in [2.75, 3.05) is 12.8 Å². The van der Waals surface area contributed by atoms with E-state index in [1.165, 1.54) is 0 Å². The lowest BCUT2D eigenvalue weighted by Crippen LogP contribution is -2.09. The largest absolute Gasteiger partial charge is 0.494 e. The van der Waals surface area contributed by atoms with Crippen LogP contribution in [0.15, 0.2) is 34.7 Å². The first-order valence-corrected chi connectivity index (χ1v) is 6.48. The minimum atomic E-state index is -0.0270. The van der Waals surface area contributed by atoms with Crippen LogP contribution >= 0.6 is 0 Å². The Morgan fingerprint density at radius 2 is 2.10 bits per heavy atom. The van der Waals surface area contributed by atoms with Gasteiger partial charge in [0, 0.05) is 0 Å². The van der Waals surface area contributed by atoms with E-state index in [4.69, 9.17) is 14.9 Å². The molecule has 3 rings (SSSR count). The molecule has 0 radical (unpaired) electrons. The molecule has 5 heteroatoms. The summed E-state index contributed by atoms with van der Waals surface area (Å²) >= 11 is 0. The number of anilines is 1. The van der Waals surface area contributed by atoms with Crippen LogP contribution in [-0.4, -0.2) is 16.7 Å². The number of fused-ring (bicyclic) bond motifs is 1. The van der Waals surface area contributed by atoms with Gasteiger partial charge in [0.25, 0.3) is 0 Å². The van der Waals surface area contributed by atoms with Crippen molar-refractivity contribution in [3.63, 3.8) is 0 Å². The summed E-state index contributed by atoms with van der Waals surface area (Å²) in [6.07, 6.45) is 0. The molecule has 20 heavy (non-hydrogen) atoms. The van der Waals surface area contributed by atoms with Gasteiger partial charge in [-0.15, -0.1) is 0 Å². The molecular formula is C15H17N3O2. The number of methoxy groups -OCH3 is 1. The van der Waals surface area contributed by atoms with E-state index < -0.39 is 0 Å². The van der Waals surface area contributed by atoms with Gasteiger partial charge in [0.1, 0.15) is 22.8 Å². The molecule has 0 aliphatic rings. The number of benzene rings is 1. The Morgan fingerprint density at radius 1 is 1.30 bits per heavy atom. The summed E-state index contributed by atoms with van der Waals surface area (Å²) in [5.41, 5.74) is 7.78. The quantitative estimate of drug-likeness (QED) is 0.794. The van der Waals surface area contributed by atoms with Crippen molar-refractivity contribution in [2.45, 2.75) is 19.9 Å². The average molecular weight is 271 g/mol. The molecule has 5 nitrogen and oxygen atoms in total. The van der Waals surface area contributed by atoms with Gasteiger partial charge in [-0.1, -0.05) is 6.07 Å². The summed E-state index contributed by atoms with van der Waals surface area (Å²) < 4.78 is 13.0. The number of nitrogens with zero attached hydrogens (tertiary/aromatic N) is 2. The second-order valence-electron chi connectivity index (χ2n) is 4.79. The molecule has 3 aromatic rings. The third-order valence-electron chi connectivity index (χ3n) is 3.49. The third-order valence-corrected chi connectivity index (χ3v) is 3.49. The smallest absolute Gasteiger partial charge is 0.202 e. The summed E-state index contributed by atoms with van der Waals surface area (Å²) in [5.74, 6) is 2.91. The number of para-hydroxylation sites is 1. The van der Waals surface area contributed by atoms with Crippen LogP contribution < -0.4 is 10.5 Å². The summed E-state index contributed by atoms with van der Waals surface area (Å²) in [6, 6.07) is 9.67. The summed E-state index contributed by atoms with van der Waals surface area (Å²) in [6.45, 7) is 3.96. The molecule has 0 saturated carbocycles. The zero-order valence-corrected chi connectivity index (χ0v) is 11.8. The van der Waals surface area contributed by atoms with E-state index >= 15 is 0 Å². The van der Waals surface area contributed by atoms with Gasteiger partial charge in [0.2, 0.25) is 5.95 Å². The third kappa shape index (κ3) is 1.82. The minimum absolute atomic E-state index is 0.0270. The number of nitrogens with two attached hydrogens (primary N) is 1. The highest BCUT2D eigenvalue weighted by Crippen LogP contribution is 2.32. The highest BCUT2D eigenvalue weighted by Gasteiger charge is 2.19. The lowest BCUT2D eigenvalue weighted by Gasteiger charge is -2.13. The zero-order valence-electron chi connectivity index (χ0n) is 11.8. The van der Waals surface area contributed by atoms with Crippen LogP contribution in [0.1, 0.15) is 24.5 Å². The molecule has 2 aromatic heterocycles. The lowest BCUT2D eigenvalue weighted by molar-refractivity contribution is 0.419. The molecular weight excluding hydrogens is 254 g/mol. The molecule has 2 N–H and O–H groups in total. The van der Waals surface area contributed by atoms with Crippen molar-refractivity contribution >= 4 is 17.0 Å². The number of rotatable bonds is 3. The normalized spacial score (nSPS) is 12.8. The standard InChI is InChI=1S/C15H17N3O2/c1-9-7-8-12(20-9)10(2)18-11-5-4-6-13(19-3)14(11)17-15(18)16/h4-8,10H,1-3H3,(H2,16,17). The van der Waals surface area contributed by atoms with Gasteiger partial charge in [-0.3, -0.25) is 4.57 Å². The Kier molecular flexibility index (Phi) is 2.89. The van der Waals surface area contributed by atoms with Crippen LogP contribution in [0.4, 0.5) is 5.95 Å². The monoisotopic (exact) mass is 271 g/mol. The Balaban J connectivity index is 2.18. The van der Waals surface area contributed by atoms with Crippen LogP contribution in [0.3, 0.4) is 0 Å². The van der Waals surface area contributed by atoms with Crippen LogP contribution in [0, 0.1) is 6.92 Å². The topological polar surface area (TPSA) is 66.2 Å². The number of imidazole rings is 1. The number of furan rings is 1. The fourth-order valence-electron chi connectivity index (χ4n) is 2.49. The van der Waals surface area contributed by atoms with Crippen molar-refractivity contribution in [1.29, 1.82) is 0 Å². The minimum Gasteiger partial charge on any atom is -0.494 e. The Morgan fingerprint density at radius 3 is 2.75 bits per heavy atom. The van der Waals surface area contributed by atoms with E-state index in [0.717, 1.165) is 28.3 Å². The van der Waals surface area contributed by atoms with E-state index in [0.29, 0.717) is 5.95 Å². The molecule has 1 unspecified atom stereocenters. The van der Waals surface area contributed by atoms with Gasteiger partial charge in [-0.05, 0) is 38.1 Å². The molecule has 0 aliphatic heterocycles. The van der Waals surface area contributed by atoms with Crippen molar-refractivity contribution < 1.29 is 9.15 Å². The van der Waals surface area contributed by atoms with Gasteiger partial charge < -0.3 is 14.9 Å². The predicted octanol–water partition coefficient (Wildman–Crippen LogP) is 3.14. The molecule has 1 atom stereocenters. The summed E-state index contributed by atoms with van der Waals surface area (Å²) in [5, 5.41) is 0. The first kappa shape index (κ1) is 12.6.